The molecule has 0 unspecified atom stereocenters. The molecular weight excluding hydrogens is 510 g/mol. The van der Waals surface area contributed by atoms with Gasteiger partial charge in [0.1, 0.15) is 11.4 Å². The van der Waals surface area contributed by atoms with Gasteiger partial charge in [-0.3, -0.25) is 9.59 Å². The minimum absolute atomic E-state index is 0.0119. The van der Waals surface area contributed by atoms with Crippen LogP contribution in [-0.4, -0.2) is 71.7 Å². The zero-order chi connectivity index (χ0) is 27.7. The summed E-state index contributed by atoms with van der Waals surface area (Å²) in [6, 6.07) is 4.80. The molecule has 0 bridgehead atoms. The van der Waals surface area contributed by atoms with E-state index in [1.54, 1.807) is 23.1 Å². The van der Waals surface area contributed by atoms with Gasteiger partial charge in [0.2, 0.25) is 5.95 Å². The van der Waals surface area contributed by atoms with Crippen LogP contribution in [0.5, 0.6) is 5.75 Å². The summed E-state index contributed by atoms with van der Waals surface area (Å²) in [5.41, 5.74) is 1.13. The number of alkyl halides is 2. The predicted octanol–water partition coefficient (Wildman–Crippen LogP) is 3.62. The van der Waals surface area contributed by atoms with Crippen LogP contribution in [0.15, 0.2) is 24.4 Å². The van der Waals surface area contributed by atoms with Gasteiger partial charge in [-0.2, -0.15) is 13.8 Å². The molecule has 3 N–H and O–H groups in total. The molecule has 5 rings (SSSR count). The van der Waals surface area contributed by atoms with Crippen molar-refractivity contribution < 1.29 is 28.2 Å². The molecule has 0 radical (unpaired) electrons. The molecule has 1 aromatic heterocycles. The summed E-state index contributed by atoms with van der Waals surface area (Å²) < 4.78 is 35.2. The second-order valence-electron chi connectivity index (χ2n) is 10.6. The minimum atomic E-state index is -3.55. The number of anilines is 4. The number of amides is 2. The molecule has 39 heavy (non-hydrogen) atoms. The normalized spacial score (nSPS) is 23.3. The summed E-state index contributed by atoms with van der Waals surface area (Å²) in [5.74, 6) is -4.26. The maximum absolute atomic E-state index is 14.8. The SMILES string of the molecule is COc1cc(C(=O)N[C@H]2CC[C@H](O)CC2)ccc1Nc1ncc2c(n1)N(C1CCCC1)CC(F)(F)C(=O)N2C. The van der Waals surface area contributed by atoms with Crippen LogP contribution in [0.2, 0.25) is 0 Å². The number of methoxy groups -OCH3 is 1. The monoisotopic (exact) mass is 544 g/mol. The third-order valence-corrected chi connectivity index (χ3v) is 7.88. The van der Waals surface area contributed by atoms with Crippen LogP contribution >= 0.6 is 0 Å². The predicted molar refractivity (Wildman–Crippen MR) is 142 cm³/mol. The van der Waals surface area contributed by atoms with E-state index in [2.05, 4.69) is 20.6 Å². The van der Waals surface area contributed by atoms with Crippen LogP contribution in [0.3, 0.4) is 0 Å². The number of hydrogen-bond donors (Lipinski definition) is 3. The number of carbonyl (C=O) groups excluding carboxylic acids is 2. The van der Waals surface area contributed by atoms with E-state index in [-0.39, 0.29) is 41.5 Å². The van der Waals surface area contributed by atoms with E-state index in [0.29, 0.717) is 29.8 Å². The van der Waals surface area contributed by atoms with Gasteiger partial charge in [-0.15, -0.1) is 0 Å². The van der Waals surface area contributed by atoms with Crippen molar-refractivity contribution in [2.24, 2.45) is 0 Å². The Morgan fingerprint density at radius 3 is 2.56 bits per heavy atom. The van der Waals surface area contributed by atoms with Gasteiger partial charge < -0.3 is 30.3 Å². The molecule has 2 saturated carbocycles. The van der Waals surface area contributed by atoms with Crippen molar-refractivity contribution in [1.82, 2.24) is 15.3 Å². The van der Waals surface area contributed by atoms with E-state index >= 15 is 0 Å². The summed E-state index contributed by atoms with van der Waals surface area (Å²) in [4.78, 5) is 36.7. The van der Waals surface area contributed by atoms with E-state index in [4.69, 9.17) is 4.74 Å². The first-order chi connectivity index (χ1) is 18.7. The Labute approximate surface area is 225 Å². The topological polar surface area (TPSA) is 120 Å². The van der Waals surface area contributed by atoms with Gasteiger partial charge in [0.15, 0.2) is 5.82 Å². The Kier molecular flexibility index (Phi) is 7.57. The van der Waals surface area contributed by atoms with Crippen LogP contribution in [-0.2, 0) is 4.79 Å². The minimum Gasteiger partial charge on any atom is -0.495 e. The molecule has 12 heteroatoms. The molecule has 1 aliphatic heterocycles. The molecule has 1 aromatic carbocycles. The largest absolute Gasteiger partial charge is 0.495 e. The van der Waals surface area contributed by atoms with Crippen molar-refractivity contribution in [3.63, 3.8) is 0 Å². The fraction of sp³-hybridized carbons (Fsp3) is 0.556. The molecule has 2 fully saturated rings. The Balaban J connectivity index is 1.39. The molecule has 210 valence electrons. The Bertz CT molecular complexity index is 1230. The summed E-state index contributed by atoms with van der Waals surface area (Å²) >= 11 is 0. The van der Waals surface area contributed by atoms with E-state index in [1.807, 2.05) is 0 Å². The lowest BCUT2D eigenvalue weighted by molar-refractivity contribution is -0.140. The highest BCUT2D eigenvalue weighted by Gasteiger charge is 2.48. The van der Waals surface area contributed by atoms with Crippen molar-refractivity contribution in [3.05, 3.63) is 30.0 Å². The third kappa shape index (κ3) is 5.61. The van der Waals surface area contributed by atoms with E-state index in [1.165, 1.54) is 20.4 Å². The Morgan fingerprint density at radius 1 is 1.15 bits per heavy atom. The number of rotatable bonds is 6. The number of nitrogens with one attached hydrogen (secondary N) is 2. The number of carbonyl (C=O) groups is 2. The summed E-state index contributed by atoms with van der Waals surface area (Å²) in [7, 11) is 2.79. The van der Waals surface area contributed by atoms with Gasteiger partial charge in [0.05, 0.1) is 31.6 Å². The molecule has 2 aromatic rings. The van der Waals surface area contributed by atoms with Crippen molar-refractivity contribution in [2.75, 3.05) is 35.8 Å². The number of halogens is 2. The molecule has 2 aliphatic carbocycles. The molecule has 2 amide bonds. The zero-order valence-corrected chi connectivity index (χ0v) is 22.1. The second kappa shape index (κ2) is 10.9. The number of hydrogen-bond acceptors (Lipinski definition) is 8. The highest BCUT2D eigenvalue weighted by atomic mass is 19.3. The number of benzene rings is 1. The molecule has 0 saturated heterocycles. The van der Waals surface area contributed by atoms with Gasteiger partial charge in [0.25, 0.3) is 11.8 Å². The summed E-state index contributed by atoms with van der Waals surface area (Å²) in [5, 5.41) is 15.8. The van der Waals surface area contributed by atoms with Crippen molar-refractivity contribution in [3.8, 4) is 5.75 Å². The number of fused-ring (bicyclic) bond motifs is 1. The van der Waals surface area contributed by atoms with Gasteiger partial charge in [-0.1, -0.05) is 12.8 Å². The fourth-order valence-electron chi connectivity index (χ4n) is 5.65. The molecule has 0 atom stereocenters. The maximum Gasteiger partial charge on any atom is 0.342 e. The molecule has 3 aliphatic rings. The third-order valence-electron chi connectivity index (χ3n) is 7.88. The molecule has 2 heterocycles. The lowest BCUT2D eigenvalue weighted by atomic mass is 9.93. The highest BCUT2D eigenvalue weighted by molar-refractivity contribution is 6.02. The van der Waals surface area contributed by atoms with Crippen molar-refractivity contribution >= 4 is 35.0 Å². The van der Waals surface area contributed by atoms with Crippen molar-refractivity contribution in [1.29, 1.82) is 0 Å². The summed E-state index contributed by atoms with van der Waals surface area (Å²) in [6.07, 6.45) is 7.22. The first-order valence-electron chi connectivity index (χ1n) is 13.4. The number of ether oxygens (including phenoxy) is 1. The molecular formula is C27H34F2N6O4. The fourth-order valence-corrected chi connectivity index (χ4v) is 5.65. The number of aliphatic hydroxyl groups excluding tert-OH is 1. The zero-order valence-electron chi connectivity index (χ0n) is 22.1. The van der Waals surface area contributed by atoms with E-state index in [9.17, 15) is 23.5 Å². The van der Waals surface area contributed by atoms with Crippen LogP contribution in [0, 0.1) is 0 Å². The van der Waals surface area contributed by atoms with Crippen LogP contribution in [0.4, 0.5) is 31.9 Å². The van der Waals surface area contributed by atoms with Gasteiger partial charge in [-0.05, 0) is 56.7 Å². The Hall–Kier alpha value is -3.54. The number of aromatic nitrogens is 2. The van der Waals surface area contributed by atoms with Gasteiger partial charge in [0, 0.05) is 24.7 Å². The maximum atomic E-state index is 14.8. The molecule has 0 spiro atoms. The molecule has 10 nitrogen and oxygen atoms in total. The lowest BCUT2D eigenvalue weighted by Crippen LogP contribution is -2.48. The standard InChI is InChI=1S/C27H34F2N6O4/c1-34-21-14-30-26(33-23(21)35(18-5-3-4-6-18)15-27(28,29)25(34)38)32-20-12-7-16(13-22(20)39-2)24(37)31-17-8-10-19(36)11-9-17/h7,12-14,17-19,36H,3-6,8-11,15H2,1-2H3,(H,31,37)(H,30,32,33)/t17-,19-. The van der Waals surface area contributed by atoms with Crippen molar-refractivity contribution in [2.45, 2.75) is 75.5 Å². The van der Waals surface area contributed by atoms with E-state index < -0.39 is 18.4 Å². The van der Waals surface area contributed by atoms with Gasteiger partial charge >= 0.3 is 5.92 Å². The van der Waals surface area contributed by atoms with Crippen LogP contribution in [0.1, 0.15) is 61.7 Å². The summed E-state index contributed by atoms with van der Waals surface area (Å²) in [6.45, 7) is -0.739. The number of nitrogens with zero attached hydrogens (tertiary/aromatic N) is 4. The lowest BCUT2D eigenvalue weighted by Gasteiger charge is -2.31. The first-order valence-corrected chi connectivity index (χ1v) is 13.4. The van der Waals surface area contributed by atoms with Crippen LogP contribution in [0.25, 0.3) is 0 Å². The number of aliphatic hydroxyl groups is 1. The van der Waals surface area contributed by atoms with Crippen LogP contribution < -0.4 is 25.2 Å². The smallest absolute Gasteiger partial charge is 0.342 e. The van der Waals surface area contributed by atoms with E-state index in [0.717, 1.165) is 43.4 Å². The van der Waals surface area contributed by atoms with Gasteiger partial charge in [-0.25, -0.2) is 4.98 Å². The second-order valence-corrected chi connectivity index (χ2v) is 10.6. The average Bonchev–Trinajstić information content (AvgIpc) is 3.45. The Morgan fingerprint density at radius 2 is 1.87 bits per heavy atom. The quantitative estimate of drug-likeness (QED) is 0.505. The highest BCUT2D eigenvalue weighted by Crippen LogP contribution is 2.40. The first kappa shape index (κ1) is 27.0. The average molecular weight is 545 g/mol.